The molecule has 2 nitrogen and oxygen atoms in total. The van der Waals surface area contributed by atoms with E-state index in [4.69, 9.17) is 0 Å². The van der Waals surface area contributed by atoms with Crippen molar-refractivity contribution in [2.24, 2.45) is 5.41 Å². The maximum absolute atomic E-state index is 11.6. The molecule has 2 fully saturated rings. The van der Waals surface area contributed by atoms with Crippen LogP contribution in [0.15, 0.2) is 0 Å². The predicted octanol–water partition coefficient (Wildman–Crippen LogP) is 1.29. The Balaban J connectivity index is 2.00. The molecular formula is C10H19NOS. The molecule has 13 heavy (non-hydrogen) atoms. The molecule has 3 atom stereocenters. The molecule has 3 heteroatoms. The lowest BCUT2D eigenvalue weighted by Gasteiger charge is -2.34. The second-order valence-electron chi connectivity index (χ2n) is 4.75. The number of rotatable bonds is 2. The lowest BCUT2D eigenvalue weighted by molar-refractivity contribution is 0.337. The van der Waals surface area contributed by atoms with Gasteiger partial charge in [-0.15, -0.1) is 0 Å². The molecule has 1 heterocycles. The van der Waals surface area contributed by atoms with E-state index in [1.165, 1.54) is 12.8 Å². The first-order chi connectivity index (χ1) is 6.14. The molecular weight excluding hydrogens is 182 g/mol. The first-order valence-electron chi connectivity index (χ1n) is 5.25. The van der Waals surface area contributed by atoms with Crippen molar-refractivity contribution in [1.82, 2.24) is 5.32 Å². The zero-order chi connectivity index (χ0) is 9.47. The lowest BCUT2D eigenvalue weighted by Crippen LogP contribution is -2.53. The van der Waals surface area contributed by atoms with Crippen LogP contribution in [0.2, 0.25) is 0 Å². The maximum Gasteiger partial charge on any atom is 0.0394 e. The monoisotopic (exact) mass is 201 g/mol. The van der Waals surface area contributed by atoms with E-state index in [2.05, 4.69) is 19.2 Å². The molecule has 1 N–H and O–H groups in total. The number of hydrogen-bond acceptors (Lipinski definition) is 2. The summed E-state index contributed by atoms with van der Waals surface area (Å²) in [5, 5.41) is 3.64. The predicted molar refractivity (Wildman–Crippen MR) is 56.2 cm³/mol. The molecule has 76 valence electrons. The molecule has 1 saturated carbocycles. The molecule has 0 aromatic heterocycles. The number of nitrogens with one attached hydrogen (secondary N) is 1. The van der Waals surface area contributed by atoms with Crippen LogP contribution in [0.3, 0.4) is 0 Å². The van der Waals surface area contributed by atoms with Crippen molar-refractivity contribution in [2.75, 3.05) is 11.5 Å². The van der Waals surface area contributed by atoms with Gasteiger partial charge in [-0.3, -0.25) is 4.21 Å². The summed E-state index contributed by atoms with van der Waals surface area (Å²) >= 11 is 0. The van der Waals surface area contributed by atoms with Gasteiger partial charge in [-0.25, -0.2) is 0 Å². The molecule has 0 bridgehead atoms. The average molecular weight is 201 g/mol. The van der Waals surface area contributed by atoms with Crippen LogP contribution in [0.4, 0.5) is 0 Å². The van der Waals surface area contributed by atoms with Gasteiger partial charge in [0.15, 0.2) is 0 Å². The Hall–Kier alpha value is 0.110. The normalized spacial score (nSPS) is 43.1. The highest BCUT2D eigenvalue weighted by molar-refractivity contribution is 7.85. The highest BCUT2D eigenvalue weighted by Gasteiger charge is 2.47. The van der Waals surface area contributed by atoms with Gasteiger partial charge >= 0.3 is 0 Å². The summed E-state index contributed by atoms with van der Waals surface area (Å²) in [6, 6.07) is 1.02. The van der Waals surface area contributed by atoms with Crippen LogP contribution in [-0.2, 0) is 10.8 Å². The minimum Gasteiger partial charge on any atom is -0.309 e. The van der Waals surface area contributed by atoms with E-state index in [0.717, 1.165) is 17.9 Å². The van der Waals surface area contributed by atoms with E-state index in [0.29, 0.717) is 17.5 Å². The van der Waals surface area contributed by atoms with Gasteiger partial charge in [-0.05, 0) is 24.7 Å². The zero-order valence-corrected chi connectivity index (χ0v) is 9.32. The van der Waals surface area contributed by atoms with Gasteiger partial charge in [0.1, 0.15) is 0 Å². The van der Waals surface area contributed by atoms with Gasteiger partial charge in [0.2, 0.25) is 0 Å². The highest BCUT2D eigenvalue weighted by atomic mass is 32.2. The fourth-order valence-corrected chi connectivity index (χ4v) is 3.83. The Bertz CT molecular complexity index is 225. The highest BCUT2D eigenvalue weighted by Crippen LogP contribution is 2.49. The second kappa shape index (κ2) is 3.35. The Morgan fingerprint density at radius 3 is 2.69 bits per heavy atom. The zero-order valence-electron chi connectivity index (χ0n) is 8.51. The van der Waals surface area contributed by atoms with Crippen molar-refractivity contribution in [2.45, 2.75) is 45.2 Å². The molecule has 0 spiro atoms. The van der Waals surface area contributed by atoms with Crippen LogP contribution in [0.25, 0.3) is 0 Å². The summed E-state index contributed by atoms with van der Waals surface area (Å²) in [6.45, 7) is 4.49. The molecule has 1 saturated heterocycles. The molecule has 0 aromatic carbocycles. The molecule has 3 unspecified atom stereocenters. The SMILES string of the molecule is CCC1CS(=O)CC(C2(C)CC2)N1. The average Bonchev–Trinajstić information content (AvgIpc) is 2.84. The fourth-order valence-electron chi connectivity index (χ4n) is 2.04. The van der Waals surface area contributed by atoms with Crippen LogP contribution in [0.5, 0.6) is 0 Å². The van der Waals surface area contributed by atoms with E-state index in [1.54, 1.807) is 0 Å². The topological polar surface area (TPSA) is 29.1 Å². The van der Waals surface area contributed by atoms with Crippen molar-refractivity contribution in [3.63, 3.8) is 0 Å². The van der Waals surface area contributed by atoms with Crippen molar-refractivity contribution in [3.05, 3.63) is 0 Å². The summed E-state index contributed by atoms with van der Waals surface area (Å²) in [4.78, 5) is 0. The molecule has 0 radical (unpaired) electrons. The van der Waals surface area contributed by atoms with Gasteiger partial charge in [-0.2, -0.15) is 0 Å². The van der Waals surface area contributed by atoms with Crippen LogP contribution in [0, 0.1) is 5.41 Å². The van der Waals surface area contributed by atoms with Crippen molar-refractivity contribution in [1.29, 1.82) is 0 Å². The van der Waals surface area contributed by atoms with Gasteiger partial charge in [0, 0.05) is 34.4 Å². The van der Waals surface area contributed by atoms with Crippen LogP contribution >= 0.6 is 0 Å². The number of hydrogen-bond donors (Lipinski definition) is 1. The smallest absolute Gasteiger partial charge is 0.0394 e. The minimum absolute atomic E-state index is 0.476. The summed E-state index contributed by atoms with van der Waals surface area (Å²) < 4.78 is 11.6. The van der Waals surface area contributed by atoms with Crippen molar-refractivity contribution >= 4 is 10.8 Å². The minimum atomic E-state index is -0.569. The largest absolute Gasteiger partial charge is 0.309 e. The molecule has 0 amide bonds. The quantitative estimate of drug-likeness (QED) is 0.729. The summed E-state index contributed by atoms with van der Waals surface area (Å²) in [6.07, 6.45) is 3.74. The molecule has 2 rings (SSSR count). The van der Waals surface area contributed by atoms with Gasteiger partial charge in [0.25, 0.3) is 0 Å². The third-order valence-electron chi connectivity index (χ3n) is 3.55. The Kier molecular flexibility index (Phi) is 2.49. The molecule has 1 aliphatic heterocycles. The van der Waals surface area contributed by atoms with Crippen molar-refractivity contribution < 1.29 is 4.21 Å². The Labute approximate surface area is 82.9 Å². The van der Waals surface area contributed by atoms with E-state index >= 15 is 0 Å². The summed E-state index contributed by atoms with van der Waals surface area (Å²) in [5.41, 5.74) is 0.476. The van der Waals surface area contributed by atoms with Crippen LogP contribution < -0.4 is 5.32 Å². The maximum atomic E-state index is 11.6. The lowest BCUT2D eigenvalue weighted by atomic mass is 9.99. The summed E-state index contributed by atoms with van der Waals surface area (Å²) in [5.74, 6) is 1.75. The van der Waals surface area contributed by atoms with E-state index in [1.807, 2.05) is 0 Å². The second-order valence-corrected chi connectivity index (χ2v) is 6.30. The van der Waals surface area contributed by atoms with Gasteiger partial charge in [0.05, 0.1) is 0 Å². The molecule has 0 aromatic rings. The van der Waals surface area contributed by atoms with Gasteiger partial charge < -0.3 is 5.32 Å². The third kappa shape index (κ3) is 1.96. The van der Waals surface area contributed by atoms with E-state index in [9.17, 15) is 4.21 Å². The molecule has 2 aliphatic rings. The Morgan fingerprint density at radius 1 is 1.46 bits per heavy atom. The van der Waals surface area contributed by atoms with Crippen molar-refractivity contribution in [3.8, 4) is 0 Å². The fraction of sp³-hybridized carbons (Fsp3) is 1.00. The standard InChI is InChI=1S/C10H19NOS/c1-3-8-6-13(12)7-9(11-8)10(2)4-5-10/h8-9,11H,3-7H2,1-2H3. The summed E-state index contributed by atoms with van der Waals surface area (Å²) in [7, 11) is -0.569. The van der Waals surface area contributed by atoms with E-state index in [-0.39, 0.29) is 0 Å². The Morgan fingerprint density at radius 2 is 2.15 bits per heavy atom. The third-order valence-corrected chi connectivity index (χ3v) is 5.03. The van der Waals surface area contributed by atoms with Crippen LogP contribution in [0.1, 0.15) is 33.1 Å². The van der Waals surface area contributed by atoms with E-state index < -0.39 is 10.8 Å². The first-order valence-corrected chi connectivity index (χ1v) is 6.74. The molecule has 1 aliphatic carbocycles. The first kappa shape index (κ1) is 9.66. The van der Waals surface area contributed by atoms with Crippen LogP contribution in [-0.4, -0.2) is 27.8 Å². The van der Waals surface area contributed by atoms with Gasteiger partial charge in [-0.1, -0.05) is 13.8 Å².